The largest absolute Gasteiger partial charge is 0.314 e. The lowest BCUT2D eigenvalue weighted by Crippen LogP contribution is -2.44. The molecule has 0 unspecified atom stereocenters. The zero-order valence-corrected chi connectivity index (χ0v) is 16.1. The number of likely N-dealkylation sites (tertiary alicyclic amines) is 2. The molecule has 2 heterocycles. The Labute approximate surface area is 149 Å². The summed E-state index contributed by atoms with van der Waals surface area (Å²) in [5, 5.41) is 7.74. The van der Waals surface area contributed by atoms with Gasteiger partial charge in [0.1, 0.15) is 0 Å². The molecule has 0 spiro atoms. The maximum absolute atomic E-state index is 3.87. The third kappa shape index (κ3) is 5.98. The molecule has 0 bridgehead atoms. The highest BCUT2D eigenvalue weighted by atomic mass is 15.1. The molecule has 0 amide bonds. The van der Waals surface area contributed by atoms with Crippen molar-refractivity contribution >= 4 is 0 Å². The first-order chi connectivity index (χ1) is 11.7. The number of hydrogen-bond donors (Lipinski definition) is 2. The molecule has 1 aliphatic carbocycles. The van der Waals surface area contributed by atoms with Crippen LogP contribution >= 0.6 is 0 Å². The Balaban J connectivity index is 1.24. The van der Waals surface area contributed by atoms with Crippen molar-refractivity contribution < 1.29 is 0 Å². The predicted molar refractivity (Wildman–Crippen MR) is 102 cm³/mol. The van der Waals surface area contributed by atoms with Crippen molar-refractivity contribution in [3.05, 3.63) is 0 Å². The van der Waals surface area contributed by atoms with Crippen LogP contribution < -0.4 is 10.6 Å². The van der Waals surface area contributed by atoms with Crippen LogP contribution in [0.25, 0.3) is 0 Å². The first-order valence-corrected chi connectivity index (χ1v) is 10.5. The van der Waals surface area contributed by atoms with E-state index in [-0.39, 0.29) is 0 Å². The quantitative estimate of drug-likeness (QED) is 0.778. The third-order valence-corrected chi connectivity index (χ3v) is 6.79. The summed E-state index contributed by atoms with van der Waals surface area (Å²) < 4.78 is 0. The normalized spacial score (nSPS) is 32.2. The van der Waals surface area contributed by atoms with Crippen molar-refractivity contribution in [3.8, 4) is 0 Å². The Morgan fingerprint density at radius 3 is 1.25 bits per heavy atom. The van der Waals surface area contributed by atoms with E-state index in [1.54, 1.807) is 0 Å². The van der Waals surface area contributed by atoms with Crippen LogP contribution in [-0.2, 0) is 0 Å². The minimum absolute atomic E-state index is 0.782. The highest BCUT2D eigenvalue weighted by Gasteiger charge is 2.24. The Kier molecular flexibility index (Phi) is 7.38. The molecule has 2 N–H and O–H groups in total. The fraction of sp³-hybridized carbons (Fsp3) is 1.00. The summed E-state index contributed by atoms with van der Waals surface area (Å²) in [4.78, 5) is 4.92. The van der Waals surface area contributed by atoms with Gasteiger partial charge < -0.3 is 20.4 Å². The average molecular weight is 337 g/mol. The van der Waals surface area contributed by atoms with Crippen LogP contribution in [0.15, 0.2) is 0 Å². The van der Waals surface area contributed by atoms with E-state index in [2.05, 4.69) is 34.5 Å². The van der Waals surface area contributed by atoms with Gasteiger partial charge in [-0.15, -0.1) is 0 Å². The van der Waals surface area contributed by atoms with Gasteiger partial charge in [-0.2, -0.15) is 0 Å². The minimum atomic E-state index is 0.782. The Morgan fingerprint density at radius 2 is 0.917 bits per heavy atom. The number of nitrogens with zero attached hydrogens (tertiary/aromatic N) is 2. The summed E-state index contributed by atoms with van der Waals surface area (Å²) in [6.07, 6.45) is 11.1. The summed E-state index contributed by atoms with van der Waals surface area (Å²) >= 11 is 0. The molecule has 0 atom stereocenters. The summed E-state index contributed by atoms with van der Waals surface area (Å²) in [6, 6.07) is 1.56. The fourth-order valence-corrected chi connectivity index (χ4v) is 4.73. The van der Waals surface area contributed by atoms with Gasteiger partial charge in [-0.05, 0) is 117 Å². The molecule has 24 heavy (non-hydrogen) atoms. The van der Waals surface area contributed by atoms with Crippen LogP contribution in [0.2, 0.25) is 0 Å². The van der Waals surface area contributed by atoms with Gasteiger partial charge in [-0.1, -0.05) is 0 Å². The van der Waals surface area contributed by atoms with E-state index in [1.165, 1.54) is 90.6 Å². The fourth-order valence-electron chi connectivity index (χ4n) is 4.73. The third-order valence-electron chi connectivity index (χ3n) is 6.79. The van der Waals surface area contributed by atoms with Crippen LogP contribution in [0.3, 0.4) is 0 Å². The van der Waals surface area contributed by atoms with Gasteiger partial charge in [0.25, 0.3) is 0 Å². The van der Waals surface area contributed by atoms with Crippen LogP contribution in [0, 0.1) is 11.8 Å². The smallest absolute Gasteiger partial charge is 0.00915 e. The zero-order chi connectivity index (χ0) is 16.8. The Morgan fingerprint density at radius 1 is 0.583 bits per heavy atom. The van der Waals surface area contributed by atoms with Crippen LogP contribution in [0.4, 0.5) is 0 Å². The standard InChI is InChI=1S/C20H40N4/c1-23-11-7-19(8-12-23)21-15-17-3-5-18(6-4-17)16-22-20-9-13-24(2)14-10-20/h17-22H,3-16H2,1-2H3. The summed E-state index contributed by atoms with van der Waals surface area (Å²) in [7, 11) is 4.49. The van der Waals surface area contributed by atoms with E-state index in [9.17, 15) is 0 Å². The molecule has 0 aromatic rings. The molecule has 1 saturated carbocycles. The van der Waals surface area contributed by atoms with Gasteiger partial charge in [0.2, 0.25) is 0 Å². The SMILES string of the molecule is CN1CCC(NCC2CCC(CNC3CCN(C)CC3)CC2)CC1. The second-order valence-corrected chi connectivity index (χ2v) is 8.86. The molecular formula is C20H40N4. The monoisotopic (exact) mass is 336 g/mol. The van der Waals surface area contributed by atoms with Gasteiger partial charge in [0.15, 0.2) is 0 Å². The second kappa shape index (κ2) is 9.51. The van der Waals surface area contributed by atoms with Crippen LogP contribution in [0.5, 0.6) is 0 Å². The molecule has 0 aromatic carbocycles. The van der Waals surface area contributed by atoms with Crippen LogP contribution in [-0.4, -0.2) is 75.2 Å². The molecule has 2 aliphatic heterocycles. The maximum Gasteiger partial charge on any atom is 0.00915 e. The number of hydrogen-bond acceptors (Lipinski definition) is 4. The highest BCUT2D eigenvalue weighted by Crippen LogP contribution is 2.28. The van der Waals surface area contributed by atoms with Crippen molar-refractivity contribution in [3.63, 3.8) is 0 Å². The molecule has 3 fully saturated rings. The van der Waals surface area contributed by atoms with E-state index in [1.807, 2.05) is 0 Å². The average Bonchev–Trinajstić information content (AvgIpc) is 2.62. The van der Waals surface area contributed by atoms with Crippen molar-refractivity contribution in [1.29, 1.82) is 0 Å². The van der Waals surface area contributed by atoms with E-state index in [0.29, 0.717) is 0 Å². The summed E-state index contributed by atoms with van der Waals surface area (Å²) in [5.74, 6) is 1.87. The van der Waals surface area contributed by atoms with E-state index < -0.39 is 0 Å². The molecule has 3 aliphatic rings. The molecule has 0 radical (unpaired) electrons. The van der Waals surface area contributed by atoms with Crippen molar-refractivity contribution in [2.75, 3.05) is 53.4 Å². The van der Waals surface area contributed by atoms with Crippen molar-refractivity contribution in [2.24, 2.45) is 11.8 Å². The van der Waals surface area contributed by atoms with Gasteiger partial charge in [0, 0.05) is 12.1 Å². The number of rotatable bonds is 6. The first kappa shape index (κ1) is 18.6. The maximum atomic E-state index is 3.87. The molecule has 140 valence electrons. The zero-order valence-electron chi connectivity index (χ0n) is 16.1. The summed E-state index contributed by atoms with van der Waals surface area (Å²) in [5.41, 5.74) is 0. The lowest BCUT2D eigenvalue weighted by atomic mass is 9.81. The molecule has 3 rings (SSSR count). The van der Waals surface area contributed by atoms with Gasteiger partial charge in [0.05, 0.1) is 0 Å². The Hall–Kier alpha value is -0.160. The highest BCUT2D eigenvalue weighted by molar-refractivity contribution is 4.81. The molecule has 2 saturated heterocycles. The van der Waals surface area contributed by atoms with Gasteiger partial charge in [-0.3, -0.25) is 0 Å². The Bertz CT molecular complexity index is 304. The second-order valence-electron chi connectivity index (χ2n) is 8.86. The lowest BCUT2D eigenvalue weighted by Gasteiger charge is -2.34. The molecule has 0 aromatic heterocycles. The number of nitrogens with one attached hydrogen (secondary N) is 2. The number of piperidine rings is 2. The van der Waals surface area contributed by atoms with E-state index >= 15 is 0 Å². The van der Waals surface area contributed by atoms with Crippen molar-refractivity contribution in [1.82, 2.24) is 20.4 Å². The van der Waals surface area contributed by atoms with Gasteiger partial charge in [-0.25, -0.2) is 0 Å². The first-order valence-electron chi connectivity index (χ1n) is 10.5. The summed E-state index contributed by atoms with van der Waals surface area (Å²) in [6.45, 7) is 7.62. The lowest BCUT2D eigenvalue weighted by molar-refractivity contribution is 0.202. The molecular weight excluding hydrogens is 296 g/mol. The van der Waals surface area contributed by atoms with Crippen LogP contribution in [0.1, 0.15) is 51.4 Å². The predicted octanol–water partition coefficient (Wildman–Crippen LogP) is 2.16. The van der Waals surface area contributed by atoms with Gasteiger partial charge >= 0.3 is 0 Å². The van der Waals surface area contributed by atoms with E-state index in [4.69, 9.17) is 0 Å². The van der Waals surface area contributed by atoms with Crippen molar-refractivity contribution in [2.45, 2.75) is 63.5 Å². The minimum Gasteiger partial charge on any atom is -0.314 e. The topological polar surface area (TPSA) is 30.5 Å². The van der Waals surface area contributed by atoms with E-state index in [0.717, 1.165) is 23.9 Å². The molecule has 4 nitrogen and oxygen atoms in total. The molecule has 4 heteroatoms.